The van der Waals surface area contributed by atoms with Crippen LogP contribution in [0.2, 0.25) is 0 Å². The van der Waals surface area contributed by atoms with E-state index in [9.17, 15) is 9.59 Å². The first-order valence-electron chi connectivity index (χ1n) is 7.98. The number of carbonyl (C=O) groups excluding carboxylic acids is 2. The Morgan fingerprint density at radius 2 is 1.62 bits per heavy atom. The van der Waals surface area contributed by atoms with Crippen molar-refractivity contribution < 1.29 is 28.5 Å². The average Bonchev–Trinajstić information content (AvgIpc) is 2.56. The van der Waals surface area contributed by atoms with Crippen molar-refractivity contribution >= 4 is 17.8 Å². The third kappa shape index (κ3) is 5.69. The van der Waals surface area contributed by atoms with Gasteiger partial charge in [-0.2, -0.15) is 0 Å². The first kappa shape index (κ1) is 21.4. The number of amides is 3. The molecule has 1 aromatic rings. The number of nitrogens with one attached hydrogen (secondary N) is 1. The summed E-state index contributed by atoms with van der Waals surface area (Å²) in [6.45, 7) is 5.24. The fourth-order valence-electron chi connectivity index (χ4n) is 2.07. The first-order chi connectivity index (χ1) is 12.2. The summed E-state index contributed by atoms with van der Waals surface area (Å²) in [5, 5.41) is 2.61. The minimum absolute atomic E-state index is 0.00513. The number of nitrogens with zero attached hydrogens (tertiary/aromatic N) is 1. The second-order valence-electron chi connectivity index (χ2n) is 6.26. The van der Waals surface area contributed by atoms with Crippen LogP contribution < -0.4 is 25.3 Å². The number of nitrogens with two attached hydrogens (primary N) is 1. The molecule has 0 saturated heterocycles. The van der Waals surface area contributed by atoms with E-state index in [1.54, 1.807) is 32.9 Å². The largest absolute Gasteiger partial charge is 0.493 e. The number of ether oxygens (including phenoxy) is 4. The highest BCUT2D eigenvalue weighted by Crippen LogP contribution is 2.39. The Labute approximate surface area is 153 Å². The van der Waals surface area contributed by atoms with Crippen LogP contribution in [0.1, 0.15) is 20.8 Å². The molecule has 26 heavy (non-hydrogen) atoms. The minimum atomic E-state index is -0.784. The number of anilines is 1. The lowest BCUT2D eigenvalue weighted by Crippen LogP contribution is -2.45. The monoisotopic (exact) mass is 369 g/mol. The topological polar surface area (TPSA) is 112 Å². The average molecular weight is 369 g/mol. The van der Waals surface area contributed by atoms with Crippen LogP contribution in [0.25, 0.3) is 0 Å². The van der Waals surface area contributed by atoms with Crippen molar-refractivity contribution in [3.8, 4) is 17.2 Å². The van der Waals surface area contributed by atoms with Crippen LogP contribution in [-0.2, 0) is 4.74 Å². The SMILES string of the molecule is COc1cc(NC(=O)N(CCN)C(=O)OC(C)(C)C)cc(OC)c1OC. The van der Waals surface area contributed by atoms with Gasteiger partial charge >= 0.3 is 12.1 Å². The van der Waals surface area contributed by atoms with E-state index in [0.717, 1.165) is 4.90 Å². The molecule has 0 aliphatic heterocycles. The summed E-state index contributed by atoms with van der Waals surface area (Å²) in [5.41, 5.74) is 5.12. The van der Waals surface area contributed by atoms with Crippen LogP contribution >= 0.6 is 0 Å². The lowest BCUT2D eigenvalue weighted by Gasteiger charge is -2.26. The summed E-state index contributed by atoms with van der Waals surface area (Å²) in [6.07, 6.45) is -0.784. The Hall–Kier alpha value is -2.68. The molecule has 0 atom stereocenters. The van der Waals surface area contributed by atoms with E-state index in [1.165, 1.54) is 21.3 Å². The first-order valence-corrected chi connectivity index (χ1v) is 7.98. The normalized spacial score (nSPS) is 10.7. The zero-order valence-corrected chi connectivity index (χ0v) is 16.0. The Morgan fingerprint density at radius 3 is 2.00 bits per heavy atom. The molecule has 0 radical (unpaired) electrons. The van der Waals surface area contributed by atoms with Gasteiger partial charge in [-0.1, -0.05) is 0 Å². The standard InChI is InChI=1S/C17H27N3O6/c1-17(2,3)26-16(22)20(8-7-18)15(21)19-11-9-12(23-4)14(25-6)13(10-11)24-5/h9-10H,7-8,18H2,1-6H3,(H,19,21). The Kier molecular flexibility index (Phi) is 7.51. The third-order valence-corrected chi connectivity index (χ3v) is 3.13. The van der Waals surface area contributed by atoms with E-state index in [2.05, 4.69) is 5.32 Å². The highest BCUT2D eigenvalue weighted by Gasteiger charge is 2.27. The van der Waals surface area contributed by atoms with E-state index in [-0.39, 0.29) is 13.1 Å². The maximum Gasteiger partial charge on any atom is 0.418 e. The molecular weight excluding hydrogens is 342 g/mol. The summed E-state index contributed by atoms with van der Waals surface area (Å²) < 4.78 is 21.0. The van der Waals surface area contributed by atoms with Crippen molar-refractivity contribution in [1.82, 2.24) is 4.90 Å². The van der Waals surface area contributed by atoms with Crippen molar-refractivity contribution in [3.05, 3.63) is 12.1 Å². The van der Waals surface area contributed by atoms with Gasteiger partial charge < -0.3 is 30.0 Å². The number of rotatable bonds is 6. The van der Waals surface area contributed by atoms with Gasteiger partial charge in [0.15, 0.2) is 11.5 Å². The Morgan fingerprint density at radius 1 is 1.08 bits per heavy atom. The number of methoxy groups -OCH3 is 3. The van der Waals surface area contributed by atoms with Crippen molar-refractivity contribution in [2.24, 2.45) is 5.73 Å². The van der Waals surface area contributed by atoms with Crippen molar-refractivity contribution in [2.75, 3.05) is 39.7 Å². The van der Waals surface area contributed by atoms with Gasteiger partial charge in [-0.15, -0.1) is 0 Å². The van der Waals surface area contributed by atoms with E-state index in [0.29, 0.717) is 22.9 Å². The highest BCUT2D eigenvalue weighted by molar-refractivity contribution is 5.99. The van der Waals surface area contributed by atoms with Crippen LogP contribution in [-0.4, -0.2) is 57.0 Å². The van der Waals surface area contributed by atoms with Gasteiger partial charge in [-0.25, -0.2) is 14.5 Å². The van der Waals surface area contributed by atoms with Gasteiger partial charge in [-0.05, 0) is 20.8 Å². The van der Waals surface area contributed by atoms with Gasteiger partial charge in [0.25, 0.3) is 0 Å². The Balaban J connectivity index is 3.07. The molecule has 1 rings (SSSR count). The molecule has 1 aromatic carbocycles. The highest BCUT2D eigenvalue weighted by atomic mass is 16.6. The van der Waals surface area contributed by atoms with Crippen molar-refractivity contribution in [2.45, 2.75) is 26.4 Å². The molecule has 0 aliphatic rings. The molecule has 0 saturated carbocycles. The molecule has 3 amide bonds. The molecule has 9 nitrogen and oxygen atoms in total. The van der Waals surface area contributed by atoms with Crippen LogP contribution in [0.15, 0.2) is 12.1 Å². The van der Waals surface area contributed by atoms with Gasteiger partial charge in [0.1, 0.15) is 5.60 Å². The molecule has 9 heteroatoms. The molecule has 0 fully saturated rings. The van der Waals surface area contributed by atoms with Crippen molar-refractivity contribution in [1.29, 1.82) is 0 Å². The van der Waals surface area contributed by atoms with Gasteiger partial charge in [0.05, 0.1) is 27.0 Å². The number of hydrogen-bond acceptors (Lipinski definition) is 7. The zero-order chi connectivity index (χ0) is 19.9. The number of urea groups is 1. The number of imide groups is 1. The maximum absolute atomic E-state index is 12.5. The molecule has 0 heterocycles. The van der Waals surface area contributed by atoms with Crippen LogP contribution in [0.5, 0.6) is 17.2 Å². The molecular formula is C17H27N3O6. The van der Waals surface area contributed by atoms with Gasteiger partial charge in [0.2, 0.25) is 5.75 Å². The van der Waals surface area contributed by atoms with Crippen LogP contribution in [0.4, 0.5) is 15.3 Å². The van der Waals surface area contributed by atoms with E-state index < -0.39 is 17.7 Å². The smallest absolute Gasteiger partial charge is 0.418 e. The Bertz CT molecular complexity index is 617. The second-order valence-corrected chi connectivity index (χ2v) is 6.26. The number of carbonyl (C=O) groups is 2. The summed E-state index contributed by atoms with van der Waals surface area (Å²) in [5.74, 6) is 1.12. The molecule has 0 bridgehead atoms. The van der Waals surface area contributed by atoms with Gasteiger partial charge in [0, 0.05) is 25.2 Å². The predicted octanol–water partition coefficient (Wildman–Crippen LogP) is 2.44. The van der Waals surface area contributed by atoms with Crippen molar-refractivity contribution in [3.63, 3.8) is 0 Å². The number of benzene rings is 1. The molecule has 0 unspecified atom stereocenters. The summed E-state index contributed by atoms with van der Waals surface area (Å²) in [4.78, 5) is 25.7. The number of hydrogen-bond donors (Lipinski definition) is 2. The molecule has 0 aliphatic carbocycles. The van der Waals surface area contributed by atoms with E-state index in [1.807, 2.05) is 0 Å². The van der Waals surface area contributed by atoms with Crippen LogP contribution in [0.3, 0.4) is 0 Å². The minimum Gasteiger partial charge on any atom is -0.493 e. The molecule has 0 aromatic heterocycles. The van der Waals surface area contributed by atoms with E-state index in [4.69, 9.17) is 24.7 Å². The zero-order valence-electron chi connectivity index (χ0n) is 16.0. The molecule has 0 spiro atoms. The fraction of sp³-hybridized carbons (Fsp3) is 0.529. The lowest BCUT2D eigenvalue weighted by atomic mass is 10.2. The second kappa shape index (κ2) is 9.14. The summed E-state index contributed by atoms with van der Waals surface area (Å²) in [6, 6.07) is 2.42. The van der Waals surface area contributed by atoms with E-state index >= 15 is 0 Å². The maximum atomic E-state index is 12.5. The van der Waals surface area contributed by atoms with Crippen LogP contribution in [0, 0.1) is 0 Å². The molecule has 146 valence electrons. The predicted molar refractivity (Wildman–Crippen MR) is 97.1 cm³/mol. The quantitative estimate of drug-likeness (QED) is 0.792. The fourth-order valence-corrected chi connectivity index (χ4v) is 2.07. The third-order valence-electron chi connectivity index (χ3n) is 3.13. The van der Waals surface area contributed by atoms with Gasteiger partial charge in [-0.3, -0.25) is 0 Å². The molecule has 3 N–H and O–H groups in total. The summed E-state index contributed by atoms with van der Waals surface area (Å²) >= 11 is 0. The lowest BCUT2D eigenvalue weighted by molar-refractivity contribution is 0.0337. The summed E-state index contributed by atoms with van der Waals surface area (Å²) in [7, 11) is 4.40.